The highest BCUT2D eigenvalue weighted by atomic mass is 19.4. The van der Waals surface area contributed by atoms with Gasteiger partial charge < -0.3 is 31.6 Å². The predicted molar refractivity (Wildman–Crippen MR) is 93.5 cm³/mol. The summed E-state index contributed by atoms with van der Waals surface area (Å²) in [6.07, 6.45) is -1.57. The molecule has 14 heteroatoms. The summed E-state index contributed by atoms with van der Waals surface area (Å²) in [6, 6.07) is 1.90. The first kappa shape index (κ1) is 21.6. The van der Waals surface area contributed by atoms with Gasteiger partial charge in [-0.25, -0.2) is 10.3 Å². The Labute approximate surface area is 162 Å². The zero-order valence-electron chi connectivity index (χ0n) is 15.1. The highest BCUT2D eigenvalue weighted by Crippen LogP contribution is 2.19. The number of pyridine rings is 1. The first-order chi connectivity index (χ1) is 13.6. The molecule has 0 bridgehead atoms. The Morgan fingerprint density at radius 2 is 2.21 bits per heavy atom. The number of ether oxygens (including phenoxy) is 1. The van der Waals surface area contributed by atoms with Crippen molar-refractivity contribution in [3.8, 4) is 5.88 Å². The number of carbonyl (C=O) groups excluding carboxylic acids is 1. The molecular weight excluding hydrogens is 397 g/mol. The van der Waals surface area contributed by atoms with Gasteiger partial charge in [0, 0.05) is 6.07 Å². The topological polar surface area (TPSA) is 163 Å². The minimum absolute atomic E-state index is 0.0325. The number of anilines is 1. The van der Waals surface area contributed by atoms with Crippen LogP contribution in [0.2, 0.25) is 0 Å². The van der Waals surface area contributed by atoms with Crippen LogP contribution in [-0.4, -0.2) is 34.6 Å². The number of hydroxylamine groups is 1. The SMILES string of the molecule is CC[C@@H](NC1=CNC([N+](=N)[O-])=C(Nc2ccc(OCC(F)(F)F)nc2)N1)C(N)=O. The van der Waals surface area contributed by atoms with Crippen molar-refractivity contribution < 1.29 is 27.6 Å². The van der Waals surface area contributed by atoms with E-state index in [9.17, 15) is 23.2 Å². The third-order valence-corrected chi connectivity index (χ3v) is 3.52. The molecule has 1 aliphatic heterocycles. The smallest absolute Gasteiger partial charge is 0.422 e. The van der Waals surface area contributed by atoms with Crippen molar-refractivity contribution in [3.63, 3.8) is 0 Å². The lowest BCUT2D eigenvalue weighted by Crippen LogP contribution is -2.46. The first-order valence-electron chi connectivity index (χ1n) is 8.24. The molecule has 11 nitrogen and oxygen atoms in total. The van der Waals surface area contributed by atoms with Crippen LogP contribution in [0.4, 0.5) is 18.9 Å². The van der Waals surface area contributed by atoms with Gasteiger partial charge >= 0.3 is 12.0 Å². The average molecular weight is 416 g/mol. The number of rotatable bonds is 9. The molecule has 2 rings (SSSR count). The molecule has 0 aliphatic carbocycles. The molecule has 29 heavy (non-hydrogen) atoms. The fourth-order valence-corrected chi connectivity index (χ4v) is 2.17. The van der Waals surface area contributed by atoms with Crippen LogP contribution < -0.4 is 31.7 Å². The summed E-state index contributed by atoms with van der Waals surface area (Å²) in [4.78, 5) is 14.9. The summed E-state index contributed by atoms with van der Waals surface area (Å²) in [5.41, 5.74) is 12.8. The lowest BCUT2D eigenvalue weighted by molar-refractivity contribution is -0.508. The fraction of sp³-hybridized carbons (Fsp3) is 0.333. The number of alkyl halides is 3. The quantitative estimate of drug-likeness (QED) is 0.197. The Balaban J connectivity index is 2.09. The summed E-state index contributed by atoms with van der Waals surface area (Å²) in [6.45, 7) is 0.271. The molecule has 1 aromatic rings. The third-order valence-electron chi connectivity index (χ3n) is 3.52. The lowest BCUT2D eigenvalue weighted by atomic mass is 10.2. The summed E-state index contributed by atoms with van der Waals surface area (Å²) in [5, 5.41) is 22.4. The molecule has 0 fully saturated rings. The zero-order chi connectivity index (χ0) is 21.6. The van der Waals surface area contributed by atoms with E-state index in [4.69, 9.17) is 11.3 Å². The van der Waals surface area contributed by atoms with Crippen LogP contribution >= 0.6 is 0 Å². The Morgan fingerprint density at radius 1 is 1.48 bits per heavy atom. The summed E-state index contributed by atoms with van der Waals surface area (Å²) in [5.74, 6) is -0.701. The van der Waals surface area contributed by atoms with Crippen molar-refractivity contribution in [3.05, 3.63) is 47.2 Å². The van der Waals surface area contributed by atoms with E-state index >= 15 is 0 Å². The molecule has 158 valence electrons. The largest absolute Gasteiger partial charge is 0.691 e. The second kappa shape index (κ2) is 8.99. The number of amides is 1. The molecule has 7 N–H and O–H groups in total. The molecule has 1 amide bonds. The number of hydrogen-bond acceptors (Lipinski definition) is 9. The highest BCUT2D eigenvalue weighted by molar-refractivity contribution is 5.80. The predicted octanol–water partition coefficient (Wildman–Crippen LogP) is 0.948. The number of carbonyl (C=O) groups is 1. The van der Waals surface area contributed by atoms with Crippen molar-refractivity contribution in [2.75, 3.05) is 11.9 Å². The maximum absolute atomic E-state index is 12.2. The van der Waals surface area contributed by atoms with Crippen molar-refractivity contribution in [2.45, 2.75) is 25.6 Å². The number of aromatic nitrogens is 1. The number of nitrogens with two attached hydrogens (primary N) is 1. The Morgan fingerprint density at radius 3 is 2.72 bits per heavy atom. The minimum atomic E-state index is -4.49. The van der Waals surface area contributed by atoms with E-state index in [1.165, 1.54) is 24.5 Å². The molecule has 2 heterocycles. The van der Waals surface area contributed by atoms with Gasteiger partial charge in [-0.1, -0.05) is 6.92 Å². The number of nitrogens with one attached hydrogen (secondary N) is 5. The Kier molecular flexibility index (Phi) is 6.69. The Hall–Kier alpha value is -3.71. The van der Waals surface area contributed by atoms with Crippen LogP contribution in [-0.2, 0) is 4.79 Å². The van der Waals surface area contributed by atoms with E-state index < -0.39 is 24.7 Å². The van der Waals surface area contributed by atoms with Gasteiger partial charge in [0.25, 0.3) is 0 Å². The number of hydrogen-bond donors (Lipinski definition) is 6. The second-order valence-electron chi connectivity index (χ2n) is 5.77. The lowest BCUT2D eigenvalue weighted by Gasteiger charge is -2.24. The first-order valence-corrected chi connectivity index (χ1v) is 8.24. The van der Waals surface area contributed by atoms with Gasteiger partial charge in [-0.3, -0.25) is 4.79 Å². The van der Waals surface area contributed by atoms with Crippen molar-refractivity contribution in [2.24, 2.45) is 5.73 Å². The van der Waals surface area contributed by atoms with Gasteiger partial charge in [0.15, 0.2) is 6.61 Å². The second-order valence-corrected chi connectivity index (χ2v) is 5.77. The molecule has 0 radical (unpaired) electrons. The van der Waals surface area contributed by atoms with Crippen molar-refractivity contribution in [1.82, 2.24) is 20.9 Å². The summed E-state index contributed by atoms with van der Waals surface area (Å²) >= 11 is 0. The molecule has 0 saturated heterocycles. The fourth-order valence-electron chi connectivity index (χ4n) is 2.17. The maximum Gasteiger partial charge on any atom is 0.422 e. The van der Waals surface area contributed by atoms with Gasteiger partial charge in [0.05, 0.1) is 11.9 Å². The number of halogens is 3. The summed E-state index contributed by atoms with van der Waals surface area (Å²) in [7, 11) is 0. The van der Waals surface area contributed by atoms with E-state index in [1.54, 1.807) is 6.92 Å². The molecule has 1 aliphatic rings. The van der Waals surface area contributed by atoms with Crippen LogP contribution in [0, 0.1) is 10.7 Å². The van der Waals surface area contributed by atoms with Gasteiger partial charge in [0.2, 0.25) is 17.6 Å². The Bertz CT molecular complexity index is 823. The highest BCUT2D eigenvalue weighted by Gasteiger charge is 2.28. The van der Waals surface area contributed by atoms with E-state index in [0.29, 0.717) is 12.2 Å². The van der Waals surface area contributed by atoms with E-state index in [0.717, 1.165) is 0 Å². The van der Waals surface area contributed by atoms with Crippen LogP contribution in [0.15, 0.2) is 42.0 Å². The van der Waals surface area contributed by atoms with Gasteiger partial charge in [-0.15, -0.1) is 10.4 Å². The van der Waals surface area contributed by atoms with Crippen LogP contribution in [0.3, 0.4) is 0 Å². The van der Waals surface area contributed by atoms with Gasteiger partial charge in [-0.2, -0.15) is 13.2 Å². The number of nitrogens with zero attached hydrogens (tertiary/aromatic N) is 2. The van der Waals surface area contributed by atoms with Gasteiger partial charge in [-0.05, 0) is 12.5 Å². The molecule has 1 aromatic heterocycles. The summed E-state index contributed by atoms with van der Waals surface area (Å²) < 4.78 is 41.0. The molecule has 0 spiro atoms. The van der Waals surface area contributed by atoms with Crippen molar-refractivity contribution in [1.29, 1.82) is 5.53 Å². The molecule has 1 atom stereocenters. The normalized spacial score (nSPS) is 14.8. The monoisotopic (exact) mass is 416 g/mol. The average Bonchev–Trinajstić information content (AvgIpc) is 2.64. The molecule has 0 unspecified atom stereocenters. The van der Waals surface area contributed by atoms with Crippen molar-refractivity contribution >= 4 is 11.6 Å². The molecular formula is C15H19F3N8O3. The van der Waals surface area contributed by atoms with Crippen LogP contribution in [0.5, 0.6) is 5.88 Å². The minimum Gasteiger partial charge on any atom is -0.691 e. The third kappa shape index (κ3) is 6.44. The molecule has 0 saturated carbocycles. The van der Waals surface area contributed by atoms with E-state index in [1.807, 2.05) is 0 Å². The standard InChI is InChI=1S/C15H19F3N8O3/c1-2-9(12(19)27)24-10-6-22-14(26(20)28)13(25-10)23-8-3-4-11(21-5-8)29-7-15(16,17)18/h3-6,9,20,22-25H,2,7H2,1H3,(H2,19,27)/t9-/m1/s1. The van der Waals surface area contributed by atoms with Crippen LogP contribution in [0.1, 0.15) is 13.3 Å². The number of primary amides is 1. The van der Waals surface area contributed by atoms with E-state index in [2.05, 4.69) is 31.0 Å². The van der Waals surface area contributed by atoms with Gasteiger partial charge in [0.1, 0.15) is 18.1 Å². The van der Waals surface area contributed by atoms with Crippen LogP contribution in [0.25, 0.3) is 0 Å². The molecule has 0 aromatic carbocycles. The zero-order valence-corrected chi connectivity index (χ0v) is 15.1. The van der Waals surface area contributed by atoms with E-state index in [-0.39, 0.29) is 28.1 Å². The maximum atomic E-state index is 12.2.